The Kier molecular flexibility index (Phi) is 4.40. The number of aliphatic hydroxyl groups is 1. The van der Waals surface area contributed by atoms with E-state index in [4.69, 9.17) is 4.74 Å². The maximum atomic E-state index is 9.44. The van der Waals surface area contributed by atoms with E-state index in [0.717, 1.165) is 38.3 Å². The molecule has 2 atom stereocenters. The second kappa shape index (κ2) is 6.03. The lowest BCUT2D eigenvalue weighted by Gasteiger charge is -2.12. The zero-order chi connectivity index (χ0) is 12.1. The summed E-state index contributed by atoms with van der Waals surface area (Å²) in [4.78, 5) is 0. The molecule has 1 aliphatic heterocycles. The molecule has 0 saturated heterocycles. The highest BCUT2D eigenvalue weighted by Crippen LogP contribution is 2.32. The molecule has 1 aromatic carbocycles. The lowest BCUT2D eigenvalue weighted by Crippen LogP contribution is -2.25. The third kappa shape index (κ3) is 3.20. The van der Waals surface area contributed by atoms with Crippen LogP contribution in [0.4, 0.5) is 0 Å². The van der Waals surface area contributed by atoms with Gasteiger partial charge in [-0.05, 0) is 25.5 Å². The third-order valence-electron chi connectivity index (χ3n) is 3.32. The molecule has 2 N–H and O–H groups in total. The second-order valence-corrected chi connectivity index (χ2v) is 4.60. The monoisotopic (exact) mass is 235 g/mol. The summed E-state index contributed by atoms with van der Waals surface area (Å²) in [5.74, 6) is 1.47. The van der Waals surface area contributed by atoms with Crippen molar-refractivity contribution in [3.63, 3.8) is 0 Å². The van der Waals surface area contributed by atoms with E-state index in [1.165, 1.54) is 5.56 Å². The van der Waals surface area contributed by atoms with Gasteiger partial charge in [0.1, 0.15) is 5.75 Å². The summed E-state index contributed by atoms with van der Waals surface area (Å²) in [7, 11) is 0. The number of nitrogens with one attached hydrogen (secondary N) is 1. The summed E-state index contributed by atoms with van der Waals surface area (Å²) in [6.45, 7) is 4.57. The zero-order valence-corrected chi connectivity index (χ0v) is 10.4. The summed E-state index contributed by atoms with van der Waals surface area (Å²) in [5, 5.41) is 12.8. The highest BCUT2D eigenvalue weighted by Gasteiger charge is 2.22. The molecule has 94 valence electrons. The van der Waals surface area contributed by atoms with Crippen molar-refractivity contribution in [3.05, 3.63) is 29.8 Å². The first-order valence-electron chi connectivity index (χ1n) is 6.41. The minimum absolute atomic E-state index is 0.172. The quantitative estimate of drug-likeness (QED) is 0.740. The van der Waals surface area contributed by atoms with E-state index >= 15 is 0 Å². The topological polar surface area (TPSA) is 41.5 Å². The molecule has 0 amide bonds. The van der Waals surface area contributed by atoms with Crippen LogP contribution in [0.1, 0.15) is 31.2 Å². The molecule has 0 radical (unpaired) electrons. The van der Waals surface area contributed by atoms with E-state index in [0.29, 0.717) is 5.92 Å². The zero-order valence-electron chi connectivity index (χ0n) is 10.4. The van der Waals surface area contributed by atoms with E-state index in [-0.39, 0.29) is 6.10 Å². The molecular formula is C14H21NO2. The number of para-hydroxylation sites is 1. The fourth-order valence-electron chi connectivity index (χ4n) is 2.15. The Balaban J connectivity index is 1.75. The number of benzene rings is 1. The standard InChI is InChI=1S/C14H21NO2/c1-2-12(16)7-8-15-9-11-10-17-14-6-4-3-5-13(11)14/h3-6,11-12,15-16H,2,7-10H2,1H3. The lowest BCUT2D eigenvalue weighted by atomic mass is 10.0. The third-order valence-corrected chi connectivity index (χ3v) is 3.32. The van der Waals surface area contributed by atoms with Crippen molar-refractivity contribution < 1.29 is 9.84 Å². The van der Waals surface area contributed by atoms with Gasteiger partial charge in [0.05, 0.1) is 12.7 Å². The SMILES string of the molecule is CCC(O)CCNCC1COc2ccccc21. The van der Waals surface area contributed by atoms with Crippen molar-refractivity contribution in [2.24, 2.45) is 0 Å². The van der Waals surface area contributed by atoms with Crippen LogP contribution < -0.4 is 10.1 Å². The maximum absolute atomic E-state index is 9.44. The Labute approximate surface area is 103 Å². The highest BCUT2D eigenvalue weighted by atomic mass is 16.5. The van der Waals surface area contributed by atoms with Gasteiger partial charge in [-0.25, -0.2) is 0 Å². The van der Waals surface area contributed by atoms with Gasteiger partial charge >= 0.3 is 0 Å². The Hall–Kier alpha value is -1.06. The van der Waals surface area contributed by atoms with Crippen LogP contribution in [0.15, 0.2) is 24.3 Å². The molecule has 3 nitrogen and oxygen atoms in total. The normalized spacial score (nSPS) is 19.8. The molecule has 0 saturated carbocycles. The van der Waals surface area contributed by atoms with Gasteiger partial charge in [0.15, 0.2) is 0 Å². The van der Waals surface area contributed by atoms with E-state index in [1.54, 1.807) is 0 Å². The first-order chi connectivity index (χ1) is 8.31. The predicted molar refractivity (Wildman–Crippen MR) is 68.5 cm³/mol. The average Bonchev–Trinajstić information content (AvgIpc) is 2.78. The average molecular weight is 235 g/mol. The van der Waals surface area contributed by atoms with Crippen LogP contribution in [-0.2, 0) is 0 Å². The Morgan fingerprint density at radius 3 is 3.12 bits per heavy atom. The second-order valence-electron chi connectivity index (χ2n) is 4.60. The Bertz CT molecular complexity index is 354. The molecule has 2 rings (SSSR count). The first-order valence-corrected chi connectivity index (χ1v) is 6.41. The van der Waals surface area contributed by atoms with Crippen LogP contribution in [0.25, 0.3) is 0 Å². The summed E-state index contributed by atoms with van der Waals surface area (Å²) >= 11 is 0. The maximum Gasteiger partial charge on any atom is 0.122 e. The summed E-state index contributed by atoms with van der Waals surface area (Å²) in [5.41, 5.74) is 1.30. The van der Waals surface area contributed by atoms with Crippen LogP contribution in [0.3, 0.4) is 0 Å². The van der Waals surface area contributed by atoms with E-state index in [1.807, 2.05) is 19.1 Å². The number of hydrogen-bond donors (Lipinski definition) is 2. The first kappa shape index (κ1) is 12.4. The number of hydrogen-bond acceptors (Lipinski definition) is 3. The molecule has 1 aromatic rings. The van der Waals surface area contributed by atoms with Gasteiger partial charge in [-0.2, -0.15) is 0 Å². The molecule has 0 aliphatic carbocycles. The minimum Gasteiger partial charge on any atom is -0.493 e. The molecule has 2 unspecified atom stereocenters. The molecule has 0 aromatic heterocycles. The minimum atomic E-state index is -0.172. The van der Waals surface area contributed by atoms with Gasteiger partial charge < -0.3 is 15.2 Å². The van der Waals surface area contributed by atoms with Gasteiger partial charge in [-0.3, -0.25) is 0 Å². The number of ether oxygens (including phenoxy) is 1. The highest BCUT2D eigenvalue weighted by molar-refractivity contribution is 5.39. The van der Waals surface area contributed by atoms with Crippen LogP contribution in [-0.4, -0.2) is 30.9 Å². The molecule has 0 fully saturated rings. The van der Waals surface area contributed by atoms with Gasteiger partial charge in [0.25, 0.3) is 0 Å². The van der Waals surface area contributed by atoms with E-state index in [9.17, 15) is 5.11 Å². The number of aliphatic hydroxyl groups excluding tert-OH is 1. The largest absolute Gasteiger partial charge is 0.493 e. The molecule has 17 heavy (non-hydrogen) atoms. The summed E-state index contributed by atoms with van der Waals surface area (Å²) in [6.07, 6.45) is 1.48. The van der Waals surface area contributed by atoms with E-state index < -0.39 is 0 Å². The summed E-state index contributed by atoms with van der Waals surface area (Å²) < 4.78 is 5.62. The summed E-state index contributed by atoms with van der Waals surface area (Å²) in [6, 6.07) is 8.22. The Morgan fingerprint density at radius 1 is 1.47 bits per heavy atom. The molecule has 1 aliphatic rings. The van der Waals surface area contributed by atoms with Crippen molar-refractivity contribution in [2.45, 2.75) is 31.8 Å². The number of rotatable bonds is 6. The molecule has 0 bridgehead atoms. The molecule has 1 heterocycles. The molecule has 0 spiro atoms. The predicted octanol–water partition coefficient (Wildman–Crippen LogP) is 1.91. The van der Waals surface area contributed by atoms with E-state index in [2.05, 4.69) is 17.4 Å². The fourth-order valence-corrected chi connectivity index (χ4v) is 2.15. The van der Waals surface area contributed by atoms with Crippen molar-refractivity contribution in [1.29, 1.82) is 0 Å². The van der Waals surface area contributed by atoms with Crippen LogP contribution in [0.2, 0.25) is 0 Å². The van der Waals surface area contributed by atoms with Gasteiger partial charge in [0, 0.05) is 18.0 Å². The van der Waals surface area contributed by atoms with Crippen LogP contribution >= 0.6 is 0 Å². The number of fused-ring (bicyclic) bond motifs is 1. The molecular weight excluding hydrogens is 214 g/mol. The Morgan fingerprint density at radius 2 is 2.29 bits per heavy atom. The van der Waals surface area contributed by atoms with Gasteiger partial charge in [-0.1, -0.05) is 25.1 Å². The molecule has 3 heteroatoms. The fraction of sp³-hybridized carbons (Fsp3) is 0.571. The smallest absolute Gasteiger partial charge is 0.122 e. The van der Waals surface area contributed by atoms with Crippen LogP contribution in [0.5, 0.6) is 5.75 Å². The van der Waals surface area contributed by atoms with Crippen molar-refractivity contribution in [3.8, 4) is 5.75 Å². The van der Waals surface area contributed by atoms with Gasteiger partial charge in [0.2, 0.25) is 0 Å². The van der Waals surface area contributed by atoms with Crippen molar-refractivity contribution >= 4 is 0 Å². The lowest BCUT2D eigenvalue weighted by molar-refractivity contribution is 0.159. The van der Waals surface area contributed by atoms with Crippen LogP contribution in [0, 0.1) is 0 Å². The van der Waals surface area contributed by atoms with Crippen molar-refractivity contribution in [2.75, 3.05) is 19.7 Å². The van der Waals surface area contributed by atoms with Gasteiger partial charge in [-0.15, -0.1) is 0 Å². The van der Waals surface area contributed by atoms with Crippen molar-refractivity contribution in [1.82, 2.24) is 5.32 Å².